The summed E-state index contributed by atoms with van der Waals surface area (Å²) in [6.45, 7) is 1.02. The summed E-state index contributed by atoms with van der Waals surface area (Å²) < 4.78 is 37.0. The van der Waals surface area contributed by atoms with Gasteiger partial charge in [-0.05, 0) is 6.92 Å². The molecule has 2 aromatic heterocycles. The Labute approximate surface area is 132 Å². The molecular weight excluding hydrogens is 328 g/mol. The number of nitrogens with zero attached hydrogens (tertiary/aromatic N) is 4. The highest BCUT2D eigenvalue weighted by Gasteiger charge is 2.55. The molecule has 2 N–H and O–H groups in total. The Morgan fingerprint density at radius 1 is 1.57 bits per heavy atom. The van der Waals surface area contributed by atoms with Crippen LogP contribution in [0.15, 0.2) is 12.7 Å². The molecule has 3 heterocycles. The Hall–Kier alpha value is -1.74. The fourth-order valence-electron chi connectivity index (χ4n) is 2.66. The highest BCUT2D eigenvalue weighted by atomic mass is 31.1. The van der Waals surface area contributed by atoms with Gasteiger partial charge in [0.1, 0.15) is 24.1 Å². The normalized spacial score (nSPS) is 31.0. The van der Waals surface area contributed by atoms with Crippen molar-refractivity contribution in [2.24, 2.45) is 0 Å². The number of aliphatic hydroxyl groups excluding tert-OH is 1. The molecule has 11 heteroatoms. The van der Waals surface area contributed by atoms with E-state index >= 15 is 4.39 Å². The molecule has 23 heavy (non-hydrogen) atoms. The molecule has 1 saturated heterocycles. The quantitative estimate of drug-likeness (QED) is 0.776. The van der Waals surface area contributed by atoms with Crippen molar-refractivity contribution in [3.63, 3.8) is 0 Å². The third-order valence-corrected chi connectivity index (χ3v) is 4.11. The minimum absolute atomic E-state index is 0.203. The van der Waals surface area contributed by atoms with E-state index in [9.17, 15) is 9.67 Å². The van der Waals surface area contributed by atoms with Crippen LogP contribution in [0.25, 0.3) is 11.2 Å². The summed E-state index contributed by atoms with van der Waals surface area (Å²) in [5.41, 5.74) is -1.28. The van der Waals surface area contributed by atoms with Crippen molar-refractivity contribution in [2.75, 3.05) is 19.0 Å². The van der Waals surface area contributed by atoms with E-state index in [-0.39, 0.29) is 6.61 Å². The van der Waals surface area contributed by atoms with Gasteiger partial charge in [0.05, 0.1) is 12.9 Å². The summed E-state index contributed by atoms with van der Waals surface area (Å²) in [5.74, 6) is 0.498. The highest BCUT2D eigenvalue weighted by molar-refractivity contribution is 7.17. The fraction of sp³-hybridized carbons (Fsp3) is 0.583. The van der Waals surface area contributed by atoms with Crippen LogP contribution < -0.4 is 5.32 Å². The van der Waals surface area contributed by atoms with Crippen LogP contribution in [0.2, 0.25) is 0 Å². The van der Waals surface area contributed by atoms with Crippen molar-refractivity contribution in [1.82, 2.24) is 19.5 Å². The average Bonchev–Trinajstić information content (AvgIpc) is 3.06. The van der Waals surface area contributed by atoms with E-state index in [2.05, 4.69) is 24.8 Å². The van der Waals surface area contributed by atoms with Crippen LogP contribution >= 0.6 is 8.69 Å². The molecule has 0 spiro atoms. The lowest BCUT2D eigenvalue weighted by molar-refractivity contribution is -0.0530. The number of anilines is 1. The predicted molar refractivity (Wildman–Crippen MR) is 77.9 cm³/mol. The first-order valence-electron chi connectivity index (χ1n) is 6.83. The number of imidazole rings is 1. The Kier molecular flexibility index (Phi) is 4.24. The Bertz CT molecular complexity index is 727. The molecule has 3 rings (SSSR count). The summed E-state index contributed by atoms with van der Waals surface area (Å²) in [5, 5.41) is 13.0. The van der Waals surface area contributed by atoms with Crippen molar-refractivity contribution in [3.8, 4) is 0 Å². The number of nitrogens with one attached hydrogen (secondary N) is 1. The van der Waals surface area contributed by atoms with Crippen molar-refractivity contribution in [1.29, 1.82) is 0 Å². The Morgan fingerprint density at radius 3 is 3.04 bits per heavy atom. The summed E-state index contributed by atoms with van der Waals surface area (Å²) in [6, 6.07) is 0. The number of hydrogen-bond donors (Lipinski definition) is 2. The maximum atomic E-state index is 15.0. The fourth-order valence-corrected chi connectivity index (χ4v) is 2.87. The lowest BCUT2D eigenvalue weighted by atomic mass is 9.98. The predicted octanol–water partition coefficient (Wildman–Crippen LogP) is 1.08. The lowest BCUT2D eigenvalue weighted by Gasteiger charge is -2.24. The van der Waals surface area contributed by atoms with Crippen LogP contribution in [0.4, 0.5) is 10.2 Å². The number of aliphatic hydroxyl groups is 1. The van der Waals surface area contributed by atoms with Gasteiger partial charge in [-0.1, -0.05) is 0 Å². The van der Waals surface area contributed by atoms with E-state index in [0.29, 0.717) is 17.0 Å². The Balaban J connectivity index is 1.99. The Morgan fingerprint density at radius 2 is 2.35 bits per heavy atom. The monoisotopic (exact) mass is 343 g/mol. The first-order valence-corrected chi connectivity index (χ1v) is 7.56. The molecule has 0 aliphatic carbocycles. The minimum Gasteiger partial charge on any atom is -0.387 e. The van der Waals surface area contributed by atoms with Gasteiger partial charge in [-0.15, -0.1) is 0 Å². The van der Waals surface area contributed by atoms with Crippen LogP contribution in [0, 0.1) is 0 Å². The SMILES string of the molecule is CNc1ncnc2c1ncn2[C@@H]1O[C@H](COP=O)[C@@H](O)[C@@]1(C)F. The maximum Gasteiger partial charge on any atom is 0.327 e. The van der Waals surface area contributed by atoms with Gasteiger partial charge in [0, 0.05) is 7.05 Å². The number of halogens is 1. The second-order valence-corrected chi connectivity index (χ2v) is 5.70. The van der Waals surface area contributed by atoms with Crippen LogP contribution in [-0.2, 0) is 13.8 Å². The summed E-state index contributed by atoms with van der Waals surface area (Å²) in [4.78, 5) is 12.3. The first kappa shape index (κ1) is 16.1. The number of alkyl halides is 1. The molecule has 0 saturated carbocycles. The van der Waals surface area contributed by atoms with E-state index < -0.39 is 32.8 Å². The van der Waals surface area contributed by atoms with Crippen molar-refractivity contribution in [3.05, 3.63) is 12.7 Å². The molecule has 124 valence electrons. The third-order valence-electron chi connectivity index (χ3n) is 3.86. The molecule has 2 aromatic rings. The van der Waals surface area contributed by atoms with Crippen molar-refractivity contribution in [2.45, 2.75) is 31.0 Å². The second-order valence-electron chi connectivity index (χ2n) is 5.29. The number of aromatic nitrogens is 4. The molecule has 0 unspecified atom stereocenters. The van der Waals surface area contributed by atoms with Crippen molar-refractivity contribution < 1.29 is 23.3 Å². The smallest absolute Gasteiger partial charge is 0.327 e. The second kappa shape index (κ2) is 6.04. The third kappa shape index (κ3) is 2.57. The van der Waals surface area contributed by atoms with E-state index in [4.69, 9.17) is 4.74 Å². The number of fused-ring (bicyclic) bond motifs is 1. The zero-order valence-corrected chi connectivity index (χ0v) is 13.3. The van der Waals surface area contributed by atoms with Crippen molar-refractivity contribution >= 4 is 25.7 Å². The van der Waals surface area contributed by atoms with Gasteiger partial charge in [-0.25, -0.2) is 23.9 Å². The zero-order valence-electron chi connectivity index (χ0n) is 12.4. The number of ether oxygens (including phenoxy) is 1. The lowest BCUT2D eigenvalue weighted by Crippen LogP contribution is -2.40. The van der Waals surface area contributed by atoms with E-state index in [1.165, 1.54) is 24.1 Å². The molecular formula is C12H15FN5O4P. The van der Waals surface area contributed by atoms with Gasteiger partial charge >= 0.3 is 8.69 Å². The van der Waals surface area contributed by atoms with Gasteiger partial charge in [0.25, 0.3) is 0 Å². The molecule has 4 atom stereocenters. The summed E-state index contributed by atoms with van der Waals surface area (Å²) in [7, 11) is 1.12. The van der Waals surface area contributed by atoms with Gasteiger partial charge in [0.15, 0.2) is 23.4 Å². The molecule has 0 radical (unpaired) electrons. The van der Waals surface area contributed by atoms with Gasteiger partial charge in [-0.3, -0.25) is 9.09 Å². The van der Waals surface area contributed by atoms with E-state index in [1.54, 1.807) is 7.05 Å². The molecule has 1 aliphatic heterocycles. The topological polar surface area (TPSA) is 111 Å². The zero-order chi connectivity index (χ0) is 16.6. The molecule has 1 aliphatic rings. The summed E-state index contributed by atoms with van der Waals surface area (Å²) in [6.07, 6.45) is -0.856. The standard InChI is InChI=1S/C12H15FN5O4P/c1-12(13)8(19)6(3-21-23-20)22-11(12)18-5-17-7-9(14-2)15-4-16-10(7)18/h4-6,8,11,19H,3H2,1-2H3,(H,14,15,16)/t6-,8-,11-,12-/m1/s1. The van der Waals surface area contributed by atoms with Crippen LogP contribution in [0.1, 0.15) is 13.2 Å². The average molecular weight is 343 g/mol. The number of rotatable bonds is 5. The van der Waals surface area contributed by atoms with Gasteiger partial charge in [-0.2, -0.15) is 0 Å². The number of hydrogen-bond acceptors (Lipinski definition) is 8. The molecule has 0 amide bonds. The van der Waals surface area contributed by atoms with E-state index in [0.717, 1.165) is 0 Å². The van der Waals surface area contributed by atoms with Crippen LogP contribution in [-0.4, -0.2) is 56.2 Å². The molecule has 1 fully saturated rings. The summed E-state index contributed by atoms with van der Waals surface area (Å²) >= 11 is 0. The first-order chi connectivity index (χ1) is 11.0. The maximum absolute atomic E-state index is 15.0. The minimum atomic E-state index is -2.10. The van der Waals surface area contributed by atoms with Gasteiger partial charge < -0.3 is 15.2 Å². The van der Waals surface area contributed by atoms with Gasteiger partial charge in [0.2, 0.25) is 0 Å². The largest absolute Gasteiger partial charge is 0.387 e. The molecule has 0 aromatic carbocycles. The van der Waals surface area contributed by atoms with Crippen LogP contribution in [0.5, 0.6) is 0 Å². The van der Waals surface area contributed by atoms with Crippen LogP contribution in [0.3, 0.4) is 0 Å². The van der Waals surface area contributed by atoms with E-state index in [1.807, 2.05) is 0 Å². The molecule has 0 bridgehead atoms. The molecule has 9 nitrogen and oxygen atoms in total. The highest BCUT2D eigenvalue weighted by Crippen LogP contribution is 2.42.